The molecule has 32 heavy (non-hydrogen) atoms. The summed E-state index contributed by atoms with van der Waals surface area (Å²) in [6.45, 7) is 3.47. The highest BCUT2D eigenvalue weighted by Crippen LogP contribution is 2.35. The Balaban J connectivity index is 1.67. The summed E-state index contributed by atoms with van der Waals surface area (Å²) in [5.41, 5.74) is 4.17. The third-order valence-corrected chi connectivity index (χ3v) is 6.76. The van der Waals surface area contributed by atoms with Crippen LogP contribution in [0, 0.1) is 6.92 Å². The van der Waals surface area contributed by atoms with Crippen molar-refractivity contribution in [2.75, 3.05) is 25.6 Å². The first-order valence-corrected chi connectivity index (χ1v) is 11.5. The fraction of sp³-hybridized carbons (Fsp3) is 0.500. The van der Waals surface area contributed by atoms with Crippen molar-refractivity contribution < 1.29 is 24.1 Å². The zero-order valence-electron chi connectivity index (χ0n) is 19.0. The third-order valence-electron chi connectivity index (χ3n) is 6.76. The van der Waals surface area contributed by atoms with Gasteiger partial charge in [-0.05, 0) is 66.3 Å². The van der Waals surface area contributed by atoms with Gasteiger partial charge >= 0.3 is 5.97 Å². The van der Waals surface area contributed by atoms with E-state index in [0.717, 1.165) is 46.5 Å². The molecule has 0 radical (unpaired) electrons. The van der Waals surface area contributed by atoms with Crippen molar-refractivity contribution in [2.45, 2.75) is 63.7 Å². The highest BCUT2D eigenvalue weighted by atomic mass is 16.5. The molecule has 1 saturated heterocycles. The zero-order valence-corrected chi connectivity index (χ0v) is 19.0. The largest absolute Gasteiger partial charge is 0.497 e. The van der Waals surface area contributed by atoms with Crippen molar-refractivity contribution in [3.8, 4) is 16.9 Å². The van der Waals surface area contributed by atoms with E-state index in [0.29, 0.717) is 38.8 Å². The van der Waals surface area contributed by atoms with E-state index in [-0.39, 0.29) is 0 Å². The Labute approximate surface area is 189 Å². The lowest BCUT2D eigenvalue weighted by Crippen LogP contribution is -2.50. The molecule has 6 nitrogen and oxygen atoms in total. The van der Waals surface area contributed by atoms with Crippen LogP contribution in [-0.4, -0.2) is 43.0 Å². The van der Waals surface area contributed by atoms with Gasteiger partial charge in [0.2, 0.25) is 0 Å². The van der Waals surface area contributed by atoms with Gasteiger partial charge in [0.1, 0.15) is 11.3 Å². The molecule has 2 aliphatic rings. The highest BCUT2D eigenvalue weighted by molar-refractivity contribution is 5.83. The molecule has 172 valence electrons. The van der Waals surface area contributed by atoms with Gasteiger partial charge in [-0.3, -0.25) is 0 Å². The van der Waals surface area contributed by atoms with Crippen molar-refractivity contribution in [2.24, 2.45) is 0 Å². The number of rotatable bonds is 8. The molecular formula is C26H33NO5. The predicted octanol–water partition coefficient (Wildman–Crippen LogP) is 5.18. The summed E-state index contributed by atoms with van der Waals surface area (Å²) in [5, 5.41) is 13.3. The van der Waals surface area contributed by atoms with Gasteiger partial charge in [-0.15, -0.1) is 0 Å². The number of carboxylic acids is 1. The minimum atomic E-state index is -1.00. The fourth-order valence-corrected chi connectivity index (χ4v) is 4.72. The summed E-state index contributed by atoms with van der Waals surface area (Å²) >= 11 is 0. The summed E-state index contributed by atoms with van der Waals surface area (Å²) < 4.78 is 17.1. The maximum atomic E-state index is 12.1. The molecule has 1 aliphatic heterocycles. The molecule has 0 spiro atoms. The molecule has 4 rings (SSSR count). The van der Waals surface area contributed by atoms with E-state index < -0.39 is 11.5 Å². The SMILES string of the molecule is COc1ccc(C)c(-c2ccc(NC3(C(=O)O)CCOCC3)cc2COC2CCCC2)c1. The maximum Gasteiger partial charge on any atom is 0.329 e. The second kappa shape index (κ2) is 9.92. The van der Waals surface area contributed by atoms with Crippen LogP contribution in [0.3, 0.4) is 0 Å². The van der Waals surface area contributed by atoms with Gasteiger partial charge in [0, 0.05) is 31.7 Å². The molecule has 0 atom stereocenters. The van der Waals surface area contributed by atoms with E-state index in [4.69, 9.17) is 14.2 Å². The lowest BCUT2D eigenvalue weighted by atomic mass is 9.89. The van der Waals surface area contributed by atoms with Crippen molar-refractivity contribution in [1.29, 1.82) is 0 Å². The number of benzene rings is 2. The number of aryl methyl sites for hydroxylation is 1. The highest BCUT2D eigenvalue weighted by Gasteiger charge is 2.40. The van der Waals surface area contributed by atoms with E-state index in [1.807, 2.05) is 24.3 Å². The first kappa shape index (κ1) is 22.6. The van der Waals surface area contributed by atoms with Gasteiger partial charge in [-0.25, -0.2) is 4.79 Å². The summed E-state index contributed by atoms with van der Waals surface area (Å²) in [6.07, 6.45) is 5.82. The van der Waals surface area contributed by atoms with Gasteiger partial charge in [0.25, 0.3) is 0 Å². The Morgan fingerprint density at radius 2 is 1.88 bits per heavy atom. The fourth-order valence-electron chi connectivity index (χ4n) is 4.72. The second-order valence-corrected chi connectivity index (χ2v) is 8.89. The van der Waals surface area contributed by atoms with Crippen LogP contribution in [0.4, 0.5) is 5.69 Å². The number of aliphatic carboxylic acids is 1. The number of nitrogens with one attached hydrogen (secondary N) is 1. The number of anilines is 1. The minimum Gasteiger partial charge on any atom is -0.497 e. The third kappa shape index (κ3) is 4.92. The van der Waals surface area contributed by atoms with Gasteiger partial charge < -0.3 is 24.6 Å². The topological polar surface area (TPSA) is 77.0 Å². The van der Waals surface area contributed by atoms with Crippen LogP contribution in [0.1, 0.15) is 49.7 Å². The smallest absolute Gasteiger partial charge is 0.329 e. The summed E-state index contributed by atoms with van der Waals surface area (Å²) in [4.78, 5) is 12.1. The average molecular weight is 440 g/mol. The van der Waals surface area contributed by atoms with Crippen LogP contribution < -0.4 is 10.1 Å². The predicted molar refractivity (Wildman–Crippen MR) is 124 cm³/mol. The monoisotopic (exact) mass is 439 g/mol. The Morgan fingerprint density at radius 3 is 2.56 bits per heavy atom. The second-order valence-electron chi connectivity index (χ2n) is 8.89. The molecule has 2 N–H and O–H groups in total. The molecule has 2 aromatic carbocycles. The molecule has 1 saturated carbocycles. The van der Waals surface area contributed by atoms with E-state index >= 15 is 0 Å². The van der Waals surface area contributed by atoms with Crippen molar-refractivity contribution >= 4 is 11.7 Å². The number of carbonyl (C=O) groups is 1. The number of hydrogen-bond donors (Lipinski definition) is 2. The van der Waals surface area contributed by atoms with E-state index in [1.54, 1.807) is 7.11 Å². The van der Waals surface area contributed by atoms with E-state index in [2.05, 4.69) is 24.4 Å². The molecule has 6 heteroatoms. The van der Waals surface area contributed by atoms with Crippen molar-refractivity contribution in [3.63, 3.8) is 0 Å². The van der Waals surface area contributed by atoms with E-state index in [1.165, 1.54) is 12.8 Å². The van der Waals surface area contributed by atoms with Crippen molar-refractivity contribution in [3.05, 3.63) is 47.5 Å². The maximum absolute atomic E-state index is 12.1. The summed E-state index contributed by atoms with van der Waals surface area (Å²) in [6, 6.07) is 12.1. The van der Waals surface area contributed by atoms with Gasteiger partial charge in [-0.1, -0.05) is 25.0 Å². The molecule has 0 aromatic heterocycles. The van der Waals surface area contributed by atoms with Crippen LogP contribution in [0.15, 0.2) is 36.4 Å². The lowest BCUT2D eigenvalue weighted by molar-refractivity contribution is -0.145. The van der Waals surface area contributed by atoms with Gasteiger partial charge in [0.05, 0.1) is 19.8 Å². The first-order chi connectivity index (χ1) is 15.5. The number of carboxylic acid groups (broad SMARTS) is 1. The Kier molecular flexibility index (Phi) is 7.01. The Morgan fingerprint density at radius 1 is 1.12 bits per heavy atom. The normalized spacial score (nSPS) is 18.4. The lowest BCUT2D eigenvalue weighted by Gasteiger charge is -2.35. The van der Waals surface area contributed by atoms with Crippen molar-refractivity contribution in [1.82, 2.24) is 0 Å². The molecule has 1 heterocycles. The minimum absolute atomic E-state index is 0.298. The van der Waals surface area contributed by atoms with Crippen LogP contribution in [0.5, 0.6) is 5.75 Å². The van der Waals surface area contributed by atoms with Crippen LogP contribution >= 0.6 is 0 Å². The molecular weight excluding hydrogens is 406 g/mol. The first-order valence-electron chi connectivity index (χ1n) is 11.5. The summed E-state index contributed by atoms with van der Waals surface area (Å²) in [7, 11) is 1.67. The molecule has 2 aromatic rings. The Bertz CT molecular complexity index is 945. The van der Waals surface area contributed by atoms with Crippen LogP contribution in [0.2, 0.25) is 0 Å². The quantitative estimate of drug-likeness (QED) is 0.591. The molecule has 2 fully saturated rings. The van der Waals surface area contributed by atoms with Crippen LogP contribution in [-0.2, 0) is 20.9 Å². The van der Waals surface area contributed by atoms with Gasteiger partial charge in [0.15, 0.2) is 0 Å². The Hall–Kier alpha value is -2.57. The molecule has 0 amide bonds. The van der Waals surface area contributed by atoms with Gasteiger partial charge in [-0.2, -0.15) is 0 Å². The number of methoxy groups -OCH3 is 1. The molecule has 1 aliphatic carbocycles. The number of hydrogen-bond acceptors (Lipinski definition) is 5. The standard InChI is InChI=1S/C26H33NO5/c1-18-7-9-22(30-2)16-24(18)23-10-8-20(15-19(23)17-32-21-5-3-4-6-21)27-26(25(28)29)11-13-31-14-12-26/h7-10,15-16,21,27H,3-6,11-14,17H2,1-2H3,(H,28,29). The molecule has 0 bridgehead atoms. The zero-order chi connectivity index (χ0) is 22.6. The van der Waals surface area contributed by atoms with E-state index in [9.17, 15) is 9.90 Å². The number of ether oxygens (including phenoxy) is 3. The van der Waals surface area contributed by atoms with Crippen LogP contribution in [0.25, 0.3) is 11.1 Å². The average Bonchev–Trinajstić information content (AvgIpc) is 3.33. The summed E-state index contributed by atoms with van der Waals surface area (Å²) in [5.74, 6) is -0.0280. The molecule has 0 unspecified atom stereocenters.